The van der Waals surface area contributed by atoms with Crippen molar-refractivity contribution < 1.29 is 9.84 Å². The van der Waals surface area contributed by atoms with Crippen LogP contribution in [0.2, 0.25) is 0 Å². The fourth-order valence-electron chi connectivity index (χ4n) is 1.68. The summed E-state index contributed by atoms with van der Waals surface area (Å²) < 4.78 is 5.09. The van der Waals surface area contributed by atoms with Crippen LogP contribution in [0.3, 0.4) is 0 Å². The second kappa shape index (κ2) is 6.03. The first-order valence-corrected chi connectivity index (χ1v) is 5.85. The van der Waals surface area contributed by atoms with E-state index in [1.54, 1.807) is 13.2 Å². The van der Waals surface area contributed by atoms with Crippen LogP contribution in [0.25, 0.3) is 6.08 Å². The first kappa shape index (κ1) is 12.4. The number of hydrogen-bond donors (Lipinski definition) is 1. The summed E-state index contributed by atoms with van der Waals surface area (Å²) in [6.45, 7) is 0. The highest BCUT2D eigenvalue weighted by Gasteiger charge is 2.01. The minimum Gasteiger partial charge on any atom is -0.497 e. The zero-order valence-electron chi connectivity index (χ0n) is 10.3. The van der Waals surface area contributed by atoms with Crippen LogP contribution < -0.4 is 4.74 Å². The molecule has 0 radical (unpaired) electrons. The summed E-state index contributed by atoms with van der Waals surface area (Å²) in [5, 5.41) is 9.97. The van der Waals surface area contributed by atoms with E-state index in [-0.39, 0.29) is 0 Å². The lowest BCUT2D eigenvalue weighted by Crippen LogP contribution is -1.91. The summed E-state index contributed by atoms with van der Waals surface area (Å²) in [6, 6.07) is 17.3. The smallest absolute Gasteiger partial charge is 0.118 e. The Labute approximate surface area is 107 Å². The quantitative estimate of drug-likeness (QED) is 0.887. The van der Waals surface area contributed by atoms with Crippen LogP contribution >= 0.6 is 0 Å². The molecule has 0 spiro atoms. The predicted molar refractivity (Wildman–Crippen MR) is 73.4 cm³/mol. The minimum absolute atomic E-state index is 0.576. The average molecular weight is 240 g/mol. The van der Waals surface area contributed by atoms with Crippen molar-refractivity contribution in [1.29, 1.82) is 0 Å². The van der Waals surface area contributed by atoms with E-state index >= 15 is 0 Å². The first-order chi connectivity index (χ1) is 8.79. The van der Waals surface area contributed by atoms with E-state index in [4.69, 9.17) is 4.74 Å². The molecule has 0 aliphatic heterocycles. The molecule has 0 heterocycles. The standard InChI is InChI=1S/C16H16O2/c1-18-15-10-7-13(8-11-15)9-12-16(17)14-5-3-2-4-6-14/h2-12,16-17H,1H3/b12-9+. The SMILES string of the molecule is COc1ccc(/C=C/C(O)c2ccccc2)cc1. The molecule has 0 fully saturated rings. The molecule has 2 rings (SSSR count). The van der Waals surface area contributed by atoms with Gasteiger partial charge < -0.3 is 9.84 Å². The summed E-state index contributed by atoms with van der Waals surface area (Å²) in [4.78, 5) is 0. The van der Waals surface area contributed by atoms with Crippen LogP contribution in [0.15, 0.2) is 60.7 Å². The van der Waals surface area contributed by atoms with Crippen molar-refractivity contribution in [2.75, 3.05) is 7.11 Å². The van der Waals surface area contributed by atoms with Crippen LogP contribution in [-0.2, 0) is 0 Å². The maximum Gasteiger partial charge on any atom is 0.118 e. The Balaban J connectivity index is 2.06. The zero-order chi connectivity index (χ0) is 12.8. The number of ether oxygens (including phenoxy) is 1. The Morgan fingerprint density at radius 1 is 1.00 bits per heavy atom. The maximum atomic E-state index is 9.97. The fourth-order valence-corrected chi connectivity index (χ4v) is 1.68. The molecule has 0 saturated carbocycles. The first-order valence-electron chi connectivity index (χ1n) is 5.85. The highest BCUT2D eigenvalue weighted by molar-refractivity contribution is 5.51. The molecule has 0 bridgehead atoms. The lowest BCUT2D eigenvalue weighted by Gasteiger charge is -2.05. The van der Waals surface area contributed by atoms with Crippen molar-refractivity contribution >= 4 is 6.08 Å². The molecule has 2 nitrogen and oxygen atoms in total. The molecule has 0 aliphatic carbocycles. The Kier molecular flexibility index (Phi) is 4.15. The van der Waals surface area contributed by atoms with E-state index in [1.807, 2.05) is 60.7 Å². The molecule has 0 aliphatic rings. The highest BCUT2D eigenvalue weighted by Crippen LogP contribution is 2.17. The van der Waals surface area contributed by atoms with E-state index in [9.17, 15) is 5.11 Å². The number of methoxy groups -OCH3 is 1. The normalized spacial score (nSPS) is 12.6. The van der Waals surface area contributed by atoms with Gasteiger partial charge in [0.05, 0.1) is 13.2 Å². The molecule has 1 N–H and O–H groups in total. The van der Waals surface area contributed by atoms with Gasteiger partial charge >= 0.3 is 0 Å². The van der Waals surface area contributed by atoms with E-state index in [2.05, 4.69) is 0 Å². The van der Waals surface area contributed by atoms with Crippen molar-refractivity contribution in [3.8, 4) is 5.75 Å². The highest BCUT2D eigenvalue weighted by atomic mass is 16.5. The minimum atomic E-state index is -0.576. The molecule has 18 heavy (non-hydrogen) atoms. The molecule has 1 atom stereocenters. The van der Waals surface area contributed by atoms with Crippen LogP contribution in [-0.4, -0.2) is 12.2 Å². The molecular weight excluding hydrogens is 224 g/mol. The lowest BCUT2D eigenvalue weighted by atomic mass is 10.1. The van der Waals surface area contributed by atoms with Gasteiger partial charge in [-0.15, -0.1) is 0 Å². The van der Waals surface area contributed by atoms with Crippen molar-refractivity contribution in [2.24, 2.45) is 0 Å². The van der Waals surface area contributed by atoms with Gasteiger partial charge in [-0.2, -0.15) is 0 Å². The van der Waals surface area contributed by atoms with Gasteiger partial charge in [0, 0.05) is 0 Å². The van der Waals surface area contributed by atoms with Crippen molar-refractivity contribution in [3.63, 3.8) is 0 Å². The molecule has 92 valence electrons. The van der Waals surface area contributed by atoms with E-state index in [0.29, 0.717) is 0 Å². The topological polar surface area (TPSA) is 29.5 Å². The van der Waals surface area contributed by atoms with E-state index in [0.717, 1.165) is 16.9 Å². The molecule has 0 saturated heterocycles. The van der Waals surface area contributed by atoms with Gasteiger partial charge in [0.1, 0.15) is 5.75 Å². The van der Waals surface area contributed by atoms with Crippen molar-refractivity contribution in [2.45, 2.75) is 6.10 Å². The molecule has 2 heteroatoms. The van der Waals surface area contributed by atoms with Gasteiger partial charge in [-0.1, -0.05) is 54.6 Å². The summed E-state index contributed by atoms with van der Waals surface area (Å²) in [6.07, 6.45) is 3.10. The summed E-state index contributed by atoms with van der Waals surface area (Å²) in [7, 11) is 1.64. The second-order valence-electron chi connectivity index (χ2n) is 3.99. The molecule has 1 unspecified atom stereocenters. The zero-order valence-corrected chi connectivity index (χ0v) is 10.3. The van der Waals surface area contributed by atoms with Gasteiger partial charge in [-0.05, 0) is 23.3 Å². The maximum absolute atomic E-state index is 9.97. The third-order valence-electron chi connectivity index (χ3n) is 2.73. The average Bonchev–Trinajstić information content (AvgIpc) is 2.46. The van der Waals surface area contributed by atoms with Crippen molar-refractivity contribution in [1.82, 2.24) is 0 Å². The molecule has 2 aromatic rings. The number of aliphatic hydroxyl groups excluding tert-OH is 1. The van der Waals surface area contributed by atoms with Gasteiger partial charge in [0.25, 0.3) is 0 Å². The Bertz CT molecular complexity index is 500. The third-order valence-corrected chi connectivity index (χ3v) is 2.73. The summed E-state index contributed by atoms with van der Waals surface area (Å²) in [5.74, 6) is 0.829. The Hall–Kier alpha value is -2.06. The fraction of sp³-hybridized carbons (Fsp3) is 0.125. The number of rotatable bonds is 4. The van der Waals surface area contributed by atoms with Gasteiger partial charge in [0.15, 0.2) is 0 Å². The molecule has 0 aromatic heterocycles. The predicted octanol–water partition coefficient (Wildman–Crippen LogP) is 3.44. The van der Waals surface area contributed by atoms with Crippen LogP contribution in [0.4, 0.5) is 0 Å². The number of benzene rings is 2. The van der Waals surface area contributed by atoms with E-state index in [1.165, 1.54) is 0 Å². The third kappa shape index (κ3) is 3.22. The summed E-state index contributed by atoms with van der Waals surface area (Å²) >= 11 is 0. The number of aliphatic hydroxyl groups is 1. The monoisotopic (exact) mass is 240 g/mol. The molecule has 2 aromatic carbocycles. The Morgan fingerprint density at radius 3 is 2.28 bits per heavy atom. The molecule has 0 amide bonds. The van der Waals surface area contributed by atoms with Crippen molar-refractivity contribution in [3.05, 3.63) is 71.8 Å². The summed E-state index contributed by atoms with van der Waals surface area (Å²) in [5.41, 5.74) is 1.92. The second-order valence-corrected chi connectivity index (χ2v) is 3.99. The van der Waals surface area contributed by atoms with Gasteiger partial charge in [0.2, 0.25) is 0 Å². The van der Waals surface area contributed by atoms with E-state index < -0.39 is 6.10 Å². The van der Waals surface area contributed by atoms with Gasteiger partial charge in [-0.25, -0.2) is 0 Å². The van der Waals surface area contributed by atoms with Crippen LogP contribution in [0.1, 0.15) is 17.2 Å². The molecular formula is C16H16O2. The Morgan fingerprint density at radius 2 is 1.67 bits per heavy atom. The lowest BCUT2D eigenvalue weighted by molar-refractivity contribution is 0.229. The largest absolute Gasteiger partial charge is 0.497 e. The van der Waals surface area contributed by atoms with Crippen LogP contribution in [0, 0.1) is 0 Å². The van der Waals surface area contributed by atoms with Gasteiger partial charge in [-0.3, -0.25) is 0 Å². The number of hydrogen-bond acceptors (Lipinski definition) is 2. The van der Waals surface area contributed by atoms with Crippen LogP contribution in [0.5, 0.6) is 5.75 Å².